The molecule has 0 unspecified atom stereocenters. The molecule has 30 heavy (non-hydrogen) atoms. The van der Waals surface area contributed by atoms with Gasteiger partial charge in [-0.3, -0.25) is 15.0 Å². The SMILES string of the molecule is Cc1cccc(Cn2cccc2CN(Cc2ccc([N+](=O)[O-])cc2)[C@@H](C)C(C)C)c1. The van der Waals surface area contributed by atoms with Gasteiger partial charge in [0.05, 0.1) is 4.92 Å². The van der Waals surface area contributed by atoms with E-state index in [-0.39, 0.29) is 10.6 Å². The lowest BCUT2D eigenvalue weighted by atomic mass is 10.0. The number of nitro groups is 1. The predicted molar refractivity (Wildman–Crippen MR) is 121 cm³/mol. The van der Waals surface area contributed by atoms with Gasteiger partial charge >= 0.3 is 0 Å². The van der Waals surface area contributed by atoms with E-state index in [1.807, 2.05) is 12.1 Å². The Kier molecular flexibility index (Phi) is 7.06. The summed E-state index contributed by atoms with van der Waals surface area (Å²) >= 11 is 0. The lowest BCUT2D eigenvalue weighted by molar-refractivity contribution is -0.384. The summed E-state index contributed by atoms with van der Waals surface area (Å²) in [6, 6.07) is 20.2. The van der Waals surface area contributed by atoms with Crippen LogP contribution < -0.4 is 0 Å². The van der Waals surface area contributed by atoms with E-state index in [4.69, 9.17) is 0 Å². The lowest BCUT2D eigenvalue weighted by Gasteiger charge is -2.32. The van der Waals surface area contributed by atoms with Crippen molar-refractivity contribution in [3.63, 3.8) is 0 Å². The smallest absolute Gasteiger partial charge is 0.269 e. The molecule has 0 spiro atoms. The first-order valence-electron chi connectivity index (χ1n) is 10.5. The van der Waals surface area contributed by atoms with Crippen LogP contribution in [0, 0.1) is 23.0 Å². The van der Waals surface area contributed by atoms with Gasteiger partial charge in [-0.15, -0.1) is 0 Å². The molecule has 0 aliphatic rings. The van der Waals surface area contributed by atoms with E-state index in [2.05, 4.69) is 79.8 Å². The van der Waals surface area contributed by atoms with Crippen LogP contribution in [0.3, 0.4) is 0 Å². The van der Waals surface area contributed by atoms with Gasteiger partial charge in [-0.05, 0) is 43.0 Å². The number of aromatic nitrogens is 1. The molecule has 0 amide bonds. The van der Waals surface area contributed by atoms with Crippen molar-refractivity contribution in [2.24, 2.45) is 5.92 Å². The van der Waals surface area contributed by atoms with Crippen molar-refractivity contribution in [3.05, 3.63) is 99.4 Å². The van der Waals surface area contributed by atoms with E-state index in [9.17, 15) is 10.1 Å². The highest BCUT2D eigenvalue weighted by molar-refractivity contribution is 5.33. The molecule has 3 aromatic rings. The van der Waals surface area contributed by atoms with E-state index in [0.29, 0.717) is 12.0 Å². The maximum absolute atomic E-state index is 10.9. The van der Waals surface area contributed by atoms with Gasteiger partial charge in [0, 0.05) is 49.7 Å². The molecule has 1 aromatic heterocycles. The van der Waals surface area contributed by atoms with Crippen molar-refractivity contribution in [2.45, 2.75) is 53.4 Å². The standard InChI is InChI=1S/C25H31N3O2/c1-19(2)21(4)27(16-22-10-12-24(13-11-22)28(29)30)18-25-9-6-14-26(25)17-23-8-5-7-20(3)15-23/h5-15,19,21H,16-18H2,1-4H3/t21-/m0/s1. The van der Waals surface area contributed by atoms with Crippen molar-refractivity contribution >= 4 is 5.69 Å². The summed E-state index contributed by atoms with van der Waals surface area (Å²) in [6.45, 7) is 11.3. The lowest BCUT2D eigenvalue weighted by Crippen LogP contribution is -2.36. The quantitative estimate of drug-likeness (QED) is 0.334. The second-order valence-corrected chi connectivity index (χ2v) is 8.43. The Morgan fingerprint density at radius 3 is 2.33 bits per heavy atom. The van der Waals surface area contributed by atoms with Gasteiger partial charge in [0.1, 0.15) is 0 Å². The molecule has 3 rings (SSSR count). The summed E-state index contributed by atoms with van der Waals surface area (Å²) in [7, 11) is 0. The first kappa shape index (κ1) is 21.8. The topological polar surface area (TPSA) is 51.3 Å². The zero-order valence-corrected chi connectivity index (χ0v) is 18.3. The minimum atomic E-state index is -0.351. The van der Waals surface area contributed by atoms with Crippen LogP contribution in [0.2, 0.25) is 0 Å². The highest BCUT2D eigenvalue weighted by atomic mass is 16.6. The summed E-state index contributed by atoms with van der Waals surface area (Å²) in [5.41, 5.74) is 5.06. The highest BCUT2D eigenvalue weighted by Crippen LogP contribution is 2.21. The van der Waals surface area contributed by atoms with Crippen LogP contribution in [0.1, 0.15) is 43.2 Å². The summed E-state index contributed by atoms with van der Waals surface area (Å²) < 4.78 is 2.31. The van der Waals surface area contributed by atoms with Crippen molar-refractivity contribution in [2.75, 3.05) is 0 Å². The fourth-order valence-electron chi connectivity index (χ4n) is 3.69. The van der Waals surface area contributed by atoms with Gasteiger partial charge in [0.15, 0.2) is 0 Å². The van der Waals surface area contributed by atoms with Crippen LogP contribution in [0.25, 0.3) is 0 Å². The molecular formula is C25H31N3O2. The van der Waals surface area contributed by atoms with Crippen LogP contribution in [-0.2, 0) is 19.6 Å². The summed E-state index contributed by atoms with van der Waals surface area (Å²) in [6.07, 6.45) is 2.14. The Bertz CT molecular complexity index is 976. The number of rotatable bonds is 9. The minimum Gasteiger partial charge on any atom is -0.346 e. The second-order valence-electron chi connectivity index (χ2n) is 8.43. The average Bonchev–Trinajstić information content (AvgIpc) is 3.13. The van der Waals surface area contributed by atoms with Gasteiger partial charge in [-0.1, -0.05) is 55.8 Å². The van der Waals surface area contributed by atoms with Gasteiger partial charge < -0.3 is 4.57 Å². The van der Waals surface area contributed by atoms with Crippen LogP contribution >= 0.6 is 0 Å². The molecule has 5 heteroatoms. The number of nitro benzene ring substituents is 1. The molecule has 0 saturated carbocycles. The predicted octanol–water partition coefficient (Wildman–Crippen LogP) is 5.80. The van der Waals surface area contributed by atoms with E-state index >= 15 is 0 Å². The summed E-state index contributed by atoms with van der Waals surface area (Å²) in [4.78, 5) is 13.0. The Morgan fingerprint density at radius 1 is 0.967 bits per heavy atom. The third-order valence-corrected chi connectivity index (χ3v) is 5.80. The number of non-ortho nitro benzene ring substituents is 1. The van der Waals surface area contributed by atoms with Gasteiger partial charge in [0.2, 0.25) is 0 Å². The van der Waals surface area contributed by atoms with Crippen LogP contribution in [0.5, 0.6) is 0 Å². The number of benzene rings is 2. The van der Waals surface area contributed by atoms with E-state index in [0.717, 1.165) is 25.2 Å². The van der Waals surface area contributed by atoms with E-state index in [1.165, 1.54) is 16.8 Å². The molecule has 0 fully saturated rings. The van der Waals surface area contributed by atoms with Crippen molar-refractivity contribution in [3.8, 4) is 0 Å². The molecular weight excluding hydrogens is 374 g/mol. The van der Waals surface area contributed by atoms with Crippen LogP contribution in [0.4, 0.5) is 5.69 Å². The number of aryl methyl sites for hydroxylation is 1. The van der Waals surface area contributed by atoms with Crippen molar-refractivity contribution < 1.29 is 4.92 Å². The molecule has 0 aliphatic heterocycles. The van der Waals surface area contributed by atoms with E-state index in [1.54, 1.807) is 12.1 Å². The zero-order chi connectivity index (χ0) is 21.7. The van der Waals surface area contributed by atoms with E-state index < -0.39 is 0 Å². The molecule has 0 saturated heterocycles. The monoisotopic (exact) mass is 405 g/mol. The molecule has 1 heterocycles. The Morgan fingerprint density at radius 2 is 1.70 bits per heavy atom. The van der Waals surface area contributed by atoms with Crippen LogP contribution in [0.15, 0.2) is 66.9 Å². The Hall–Kier alpha value is -2.92. The fourth-order valence-corrected chi connectivity index (χ4v) is 3.69. The number of hydrogen-bond donors (Lipinski definition) is 0. The Labute approximate surface area is 179 Å². The highest BCUT2D eigenvalue weighted by Gasteiger charge is 2.19. The van der Waals surface area contributed by atoms with Crippen LogP contribution in [-0.4, -0.2) is 20.4 Å². The van der Waals surface area contributed by atoms with Gasteiger partial charge in [0.25, 0.3) is 5.69 Å². The zero-order valence-electron chi connectivity index (χ0n) is 18.3. The van der Waals surface area contributed by atoms with Gasteiger partial charge in [-0.2, -0.15) is 0 Å². The molecule has 0 radical (unpaired) electrons. The number of nitrogens with zero attached hydrogens (tertiary/aromatic N) is 3. The summed E-state index contributed by atoms with van der Waals surface area (Å²) in [5.74, 6) is 0.503. The third-order valence-electron chi connectivity index (χ3n) is 5.80. The maximum Gasteiger partial charge on any atom is 0.269 e. The minimum absolute atomic E-state index is 0.134. The number of hydrogen-bond acceptors (Lipinski definition) is 3. The maximum atomic E-state index is 10.9. The molecule has 0 N–H and O–H groups in total. The average molecular weight is 406 g/mol. The molecule has 1 atom stereocenters. The van der Waals surface area contributed by atoms with Crippen molar-refractivity contribution in [1.29, 1.82) is 0 Å². The largest absolute Gasteiger partial charge is 0.346 e. The molecule has 158 valence electrons. The first-order valence-corrected chi connectivity index (χ1v) is 10.5. The molecule has 0 bridgehead atoms. The molecule has 5 nitrogen and oxygen atoms in total. The normalized spacial score (nSPS) is 12.5. The summed E-state index contributed by atoms with van der Waals surface area (Å²) in [5, 5.41) is 10.9. The van der Waals surface area contributed by atoms with Crippen molar-refractivity contribution in [1.82, 2.24) is 9.47 Å². The first-order chi connectivity index (χ1) is 14.3. The van der Waals surface area contributed by atoms with Gasteiger partial charge in [-0.25, -0.2) is 0 Å². The Balaban J connectivity index is 1.79. The fraction of sp³-hybridized carbons (Fsp3) is 0.360. The molecule has 2 aromatic carbocycles. The second kappa shape index (κ2) is 9.72. The molecule has 0 aliphatic carbocycles. The third kappa shape index (κ3) is 5.57.